The molecule has 1 aliphatic rings. The van der Waals surface area contributed by atoms with Gasteiger partial charge in [-0.1, -0.05) is 24.4 Å². The lowest BCUT2D eigenvalue weighted by atomic mass is 9.81. The quantitative estimate of drug-likeness (QED) is 0.877. The fourth-order valence-electron chi connectivity index (χ4n) is 2.93. The van der Waals surface area contributed by atoms with Crippen LogP contribution in [0.3, 0.4) is 0 Å². The average Bonchev–Trinajstić information content (AvgIpc) is 2.70. The molecule has 1 saturated carbocycles. The normalized spacial score (nSPS) is 20.0. The number of aryl methyl sites for hydroxylation is 2. The van der Waals surface area contributed by atoms with Crippen LogP contribution >= 0.6 is 0 Å². The highest BCUT2D eigenvalue weighted by Gasteiger charge is 2.36. The van der Waals surface area contributed by atoms with Gasteiger partial charge in [-0.2, -0.15) is 0 Å². The van der Waals surface area contributed by atoms with Gasteiger partial charge in [0, 0.05) is 5.56 Å². The Kier molecular flexibility index (Phi) is 3.94. The zero-order valence-corrected chi connectivity index (χ0v) is 12.0. The number of rotatable bonds is 3. The molecule has 106 valence electrons. The lowest BCUT2D eigenvalue weighted by Gasteiger charge is -2.33. The van der Waals surface area contributed by atoms with Crippen molar-refractivity contribution >= 4 is 5.91 Å². The Hall–Kier alpha value is -1.36. The molecule has 1 atom stereocenters. The summed E-state index contributed by atoms with van der Waals surface area (Å²) >= 11 is 0. The summed E-state index contributed by atoms with van der Waals surface area (Å²) in [6.45, 7) is 5.68. The number of hydrogen-bond donors (Lipinski definition) is 2. The van der Waals surface area contributed by atoms with E-state index in [9.17, 15) is 4.79 Å². The molecule has 0 radical (unpaired) electrons. The van der Waals surface area contributed by atoms with E-state index < -0.39 is 5.54 Å². The van der Waals surface area contributed by atoms with Crippen LogP contribution in [0.5, 0.6) is 0 Å². The summed E-state index contributed by atoms with van der Waals surface area (Å²) in [6.07, 6.45) is 4.78. The molecule has 5 heteroatoms. The number of amides is 1. The molecule has 0 saturated heterocycles. The molecule has 0 aromatic carbocycles. The van der Waals surface area contributed by atoms with Crippen molar-refractivity contribution in [3.05, 3.63) is 17.0 Å². The van der Waals surface area contributed by atoms with Crippen molar-refractivity contribution < 1.29 is 9.32 Å². The van der Waals surface area contributed by atoms with Crippen LogP contribution < -0.4 is 11.1 Å². The molecule has 0 spiro atoms. The first-order chi connectivity index (χ1) is 8.94. The topological polar surface area (TPSA) is 81.2 Å². The highest BCUT2D eigenvalue weighted by molar-refractivity contribution is 5.86. The van der Waals surface area contributed by atoms with Crippen LogP contribution in [0.2, 0.25) is 0 Å². The van der Waals surface area contributed by atoms with Gasteiger partial charge in [0.05, 0.1) is 17.3 Å². The van der Waals surface area contributed by atoms with E-state index in [1.54, 1.807) is 0 Å². The van der Waals surface area contributed by atoms with Gasteiger partial charge >= 0.3 is 0 Å². The largest absolute Gasteiger partial charge is 0.361 e. The van der Waals surface area contributed by atoms with Gasteiger partial charge in [-0.05, 0) is 33.6 Å². The van der Waals surface area contributed by atoms with Gasteiger partial charge in [0.1, 0.15) is 5.76 Å². The molecule has 1 amide bonds. The third-order valence-corrected chi connectivity index (χ3v) is 4.07. The van der Waals surface area contributed by atoms with Crippen LogP contribution in [0, 0.1) is 13.8 Å². The Bertz CT molecular complexity index is 442. The third-order valence-electron chi connectivity index (χ3n) is 4.07. The summed E-state index contributed by atoms with van der Waals surface area (Å²) in [5.41, 5.74) is 7.30. The number of nitrogens with one attached hydrogen (secondary N) is 1. The molecule has 1 aliphatic carbocycles. The molecule has 3 N–H and O–H groups in total. The Morgan fingerprint density at radius 2 is 2.00 bits per heavy atom. The van der Waals surface area contributed by atoms with E-state index in [1.165, 1.54) is 6.42 Å². The molecule has 1 fully saturated rings. The standard InChI is InChI=1S/C14H23N3O2/c1-9(12-10(2)17-19-11(12)3)16-13(18)14(15)7-5-4-6-8-14/h9H,4-8,15H2,1-3H3,(H,16,18). The number of carbonyl (C=O) groups excluding carboxylic acids is 1. The fraction of sp³-hybridized carbons (Fsp3) is 0.714. The van der Waals surface area contributed by atoms with Gasteiger partial charge in [0.25, 0.3) is 0 Å². The predicted octanol–water partition coefficient (Wildman–Crippen LogP) is 2.13. The second-order valence-electron chi connectivity index (χ2n) is 5.65. The molecule has 19 heavy (non-hydrogen) atoms. The summed E-state index contributed by atoms with van der Waals surface area (Å²) < 4.78 is 5.14. The summed E-state index contributed by atoms with van der Waals surface area (Å²) in [7, 11) is 0. The minimum atomic E-state index is -0.703. The van der Waals surface area contributed by atoms with Crippen molar-refractivity contribution in [3.8, 4) is 0 Å². The SMILES string of the molecule is Cc1noc(C)c1C(C)NC(=O)C1(N)CCCCC1. The van der Waals surface area contributed by atoms with Crippen molar-refractivity contribution in [1.29, 1.82) is 0 Å². The van der Waals surface area contributed by atoms with Gasteiger partial charge in [0.2, 0.25) is 5.91 Å². The van der Waals surface area contributed by atoms with Gasteiger partial charge in [-0.15, -0.1) is 0 Å². The molecule has 1 aromatic heterocycles. The Morgan fingerprint density at radius 3 is 2.53 bits per heavy atom. The smallest absolute Gasteiger partial charge is 0.240 e. The first kappa shape index (κ1) is 14.1. The van der Waals surface area contributed by atoms with Gasteiger partial charge < -0.3 is 15.6 Å². The number of aromatic nitrogens is 1. The van der Waals surface area contributed by atoms with Crippen molar-refractivity contribution in [2.45, 2.75) is 64.5 Å². The van der Waals surface area contributed by atoms with Gasteiger partial charge in [0.15, 0.2) is 0 Å². The monoisotopic (exact) mass is 265 g/mol. The Labute approximate surface area is 113 Å². The number of nitrogens with zero attached hydrogens (tertiary/aromatic N) is 1. The van der Waals surface area contributed by atoms with Crippen molar-refractivity contribution in [2.24, 2.45) is 5.73 Å². The van der Waals surface area contributed by atoms with Crippen LogP contribution in [0.1, 0.15) is 62.1 Å². The van der Waals surface area contributed by atoms with Crippen LogP contribution in [0.25, 0.3) is 0 Å². The third kappa shape index (κ3) is 2.81. The van der Waals surface area contributed by atoms with Crippen LogP contribution in [-0.2, 0) is 4.79 Å². The zero-order chi connectivity index (χ0) is 14.0. The predicted molar refractivity (Wildman–Crippen MR) is 72.5 cm³/mol. The van der Waals surface area contributed by atoms with E-state index in [2.05, 4.69) is 10.5 Å². The van der Waals surface area contributed by atoms with Crippen molar-refractivity contribution in [2.75, 3.05) is 0 Å². The first-order valence-corrected chi connectivity index (χ1v) is 6.96. The number of hydrogen-bond acceptors (Lipinski definition) is 4. The summed E-state index contributed by atoms with van der Waals surface area (Å²) in [5, 5.41) is 6.93. The zero-order valence-electron chi connectivity index (χ0n) is 12.0. The second kappa shape index (κ2) is 5.33. The lowest BCUT2D eigenvalue weighted by molar-refractivity contribution is -0.128. The van der Waals surface area contributed by atoms with Crippen molar-refractivity contribution in [3.63, 3.8) is 0 Å². The van der Waals surface area contributed by atoms with Gasteiger partial charge in [-0.3, -0.25) is 4.79 Å². The van der Waals surface area contributed by atoms with E-state index in [0.29, 0.717) is 0 Å². The average molecular weight is 265 g/mol. The highest BCUT2D eigenvalue weighted by atomic mass is 16.5. The molecule has 0 bridgehead atoms. The summed E-state index contributed by atoms with van der Waals surface area (Å²) in [6, 6.07) is -0.124. The molecule has 1 heterocycles. The maximum atomic E-state index is 12.4. The van der Waals surface area contributed by atoms with Crippen LogP contribution in [-0.4, -0.2) is 16.6 Å². The molecule has 1 unspecified atom stereocenters. The van der Waals surface area contributed by atoms with Crippen LogP contribution in [0.4, 0.5) is 0 Å². The Balaban J connectivity index is 2.06. The molecule has 5 nitrogen and oxygen atoms in total. The lowest BCUT2D eigenvalue weighted by Crippen LogP contribution is -2.55. The molecular formula is C14H23N3O2. The maximum absolute atomic E-state index is 12.4. The van der Waals surface area contributed by atoms with E-state index in [-0.39, 0.29) is 11.9 Å². The highest BCUT2D eigenvalue weighted by Crippen LogP contribution is 2.28. The maximum Gasteiger partial charge on any atom is 0.240 e. The van der Waals surface area contributed by atoms with Gasteiger partial charge in [-0.25, -0.2) is 0 Å². The summed E-state index contributed by atoms with van der Waals surface area (Å²) in [4.78, 5) is 12.4. The van der Waals surface area contributed by atoms with Crippen LogP contribution in [0.15, 0.2) is 4.52 Å². The van der Waals surface area contributed by atoms with Crippen molar-refractivity contribution in [1.82, 2.24) is 10.5 Å². The van der Waals surface area contributed by atoms with E-state index in [4.69, 9.17) is 10.3 Å². The second-order valence-corrected chi connectivity index (χ2v) is 5.65. The van der Waals surface area contributed by atoms with E-state index >= 15 is 0 Å². The number of carbonyl (C=O) groups is 1. The van der Waals surface area contributed by atoms with E-state index in [0.717, 1.165) is 42.7 Å². The minimum absolute atomic E-state index is 0.0558. The first-order valence-electron chi connectivity index (χ1n) is 6.96. The Morgan fingerprint density at radius 1 is 1.37 bits per heavy atom. The molecule has 0 aliphatic heterocycles. The fourth-order valence-corrected chi connectivity index (χ4v) is 2.93. The number of nitrogens with two attached hydrogens (primary N) is 1. The van der Waals surface area contributed by atoms with E-state index in [1.807, 2.05) is 20.8 Å². The molecule has 1 aromatic rings. The molecule has 2 rings (SSSR count). The molecular weight excluding hydrogens is 242 g/mol. The summed E-state index contributed by atoms with van der Waals surface area (Å²) in [5.74, 6) is 0.694. The minimum Gasteiger partial charge on any atom is -0.361 e.